The Kier molecular flexibility index (Phi) is 6.37. The van der Waals surface area contributed by atoms with E-state index in [4.69, 9.17) is 21.1 Å². The molecule has 8 heteroatoms. The van der Waals surface area contributed by atoms with Crippen LogP contribution >= 0.6 is 27.5 Å². The Balaban J connectivity index is 2.65. The molecule has 0 aliphatic heterocycles. The second-order valence-electron chi connectivity index (χ2n) is 4.94. The summed E-state index contributed by atoms with van der Waals surface area (Å²) in [5, 5.41) is 0.322. The van der Waals surface area contributed by atoms with Gasteiger partial charge in [-0.15, -0.1) is 6.58 Å². The first-order valence-electron chi connectivity index (χ1n) is 7.16. The lowest BCUT2D eigenvalue weighted by Crippen LogP contribution is -2.31. The number of anilines is 1. The summed E-state index contributed by atoms with van der Waals surface area (Å²) >= 11 is 9.41. The first kappa shape index (κ1) is 19.6. The van der Waals surface area contributed by atoms with Crippen molar-refractivity contribution >= 4 is 43.2 Å². The van der Waals surface area contributed by atoms with Crippen molar-refractivity contribution in [3.8, 4) is 11.5 Å². The fourth-order valence-corrected chi connectivity index (χ4v) is 4.15. The summed E-state index contributed by atoms with van der Waals surface area (Å²) in [4.78, 5) is 0.147. The van der Waals surface area contributed by atoms with Crippen LogP contribution in [0.15, 0.2) is 58.4 Å². The van der Waals surface area contributed by atoms with Crippen LogP contribution in [-0.2, 0) is 10.0 Å². The molecule has 0 amide bonds. The van der Waals surface area contributed by atoms with Crippen LogP contribution in [0, 0.1) is 0 Å². The third-order valence-corrected chi connectivity index (χ3v) is 6.04. The minimum atomic E-state index is -3.84. The quantitative estimate of drug-likeness (QED) is 0.588. The molecule has 2 rings (SSSR count). The molecule has 5 nitrogen and oxygen atoms in total. The number of nitrogens with zero attached hydrogens (tertiary/aromatic N) is 1. The molecular weight excluding hydrogens is 430 g/mol. The fourth-order valence-electron chi connectivity index (χ4n) is 2.22. The van der Waals surface area contributed by atoms with Crippen molar-refractivity contribution in [2.24, 2.45) is 0 Å². The average molecular weight is 447 g/mol. The maximum absolute atomic E-state index is 13.1. The Morgan fingerprint density at radius 3 is 2.28 bits per heavy atom. The molecule has 0 saturated carbocycles. The number of ether oxygens (including phenoxy) is 2. The van der Waals surface area contributed by atoms with Crippen LogP contribution in [0.5, 0.6) is 11.5 Å². The van der Waals surface area contributed by atoms with Crippen molar-refractivity contribution in [3.05, 3.63) is 58.5 Å². The third kappa shape index (κ3) is 4.11. The monoisotopic (exact) mass is 445 g/mol. The highest BCUT2D eigenvalue weighted by atomic mass is 79.9. The second kappa shape index (κ2) is 8.12. The lowest BCUT2D eigenvalue weighted by atomic mass is 10.2. The summed E-state index contributed by atoms with van der Waals surface area (Å²) in [6.45, 7) is 3.71. The third-order valence-electron chi connectivity index (χ3n) is 3.42. The Hall–Kier alpha value is -1.70. The van der Waals surface area contributed by atoms with Gasteiger partial charge in [-0.25, -0.2) is 8.42 Å². The summed E-state index contributed by atoms with van der Waals surface area (Å²) < 4.78 is 38.7. The van der Waals surface area contributed by atoms with Gasteiger partial charge in [-0.05, 0) is 24.3 Å². The summed E-state index contributed by atoms with van der Waals surface area (Å²) in [5.41, 5.74) is 0.312. The van der Waals surface area contributed by atoms with E-state index in [1.807, 2.05) is 0 Å². The van der Waals surface area contributed by atoms with E-state index in [0.717, 1.165) is 4.47 Å². The molecule has 0 saturated heterocycles. The first-order chi connectivity index (χ1) is 11.8. The van der Waals surface area contributed by atoms with E-state index >= 15 is 0 Å². The van der Waals surface area contributed by atoms with E-state index in [1.54, 1.807) is 12.1 Å². The van der Waals surface area contributed by atoms with Crippen LogP contribution in [0.1, 0.15) is 0 Å². The van der Waals surface area contributed by atoms with Crippen LogP contribution in [0.25, 0.3) is 0 Å². The molecule has 0 aliphatic carbocycles. The lowest BCUT2D eigenvalue weighted by molar-refractivity contribution is 0.404. The van der Waals surface area contributed by atoms with Crippen molar-refractivity contribution in [1.82, 2.24) is 0 Å². The van der Waals surface area contributed by atoms with Crippen molar-refractivity contribution in [2.75, 3.05) is 25.1 Å². The number of sulfonamides is 1. The highest BCUT2D eigenvalue weighted by Crippen LogP contribution is 2.40. The van der Waals surface area contributed by atoms with Gasteiger partial charge >= 0.3 is 0 Å². The molecule has 2 aromatic rings. The molecule has 0 aromatic heterocycles. The van der Waals surface area contributed by atoms with E-state index in [0.29, 0.717) is 22.2 Å². The maximum Gasteiger partial charge on any atom is 0.264 e. The highest BCUT2D eigenvalue weighted by molar-refractivity contribution is 9.10. The largest absolute Gasteiger partial charge is 0.495 e. The van der Waals surface area contributed by atoms with Gasteiger partial charge in [0.05, 0.1) is 36.4 Å². The zero-order valence-corrected chi connectivity index (χ0v) is 16.9. The van der Waals surface area contributed by atoms with E-state index in [2.05, 4.69) is 22.5 Å². The molecular formula is C17H17BrClNO4S. The topological polar surface area (TPSA) is 55.8 Å². The minimum Gasteiger partial charge on any atom is -0.495 e. The van der Waals surface area contributed by atoms with E-state index in [9.17, 15) is 8.42 Å². The molecule has 0 heterocycles. The Morgan fingerprint density at radius 2 is 1.76 bits per heavy atom. The van der Waals surface area contributed by atoms with Gasteiger partial charge in [0.2, 0.25) is 0 Å². The molecule has 0 unspecified atom stereocenters. The molecule has 2 aromatic carbocycles. The summed E-state index contributed by atoms with van der Waals surface area (Å²) in [5.74, 6) is 0.658. The van der Waals surface area contributed by atoms with Crippen LogP contribution in [-0.4, -0.2) is 29.2 Å². The smallest absolute Gasteiger partial charge is 0.264 e. The van der Waals surface area contributed by atoms with Gasteiger partial charge in [0.1, 0.15) is 11.5 Å². The number of rotatable bonds is 7. The van der Waals surface area contributed by atoms with Gasteiger partial charge in [0, 0.05) is 16.6 Å². The highest BCUT2D eigenvalue weighted by Gasteiger charge is 2.27. The molecule has 0 radical (unpaired) electrons. The molecule has 0 spiro atoms. The van der Waals surface area contributed by atoms with Crippen molar-refractivity contribution in [3.63, 3.8) is 0 Å². The van der Waals surface area contributed by atoms with E-state index in [-0.39, 0.29) is 11.4 Å². The van der Waals surface area contributed by atoms with Crippen LogP contribution < -0.4 is 13.8 Å². The molecule has 0 atom stereocenters. The molecule has 0 N–H and O–H groups in total. The van der Waals surface area contributed by atoms with Crippen LogP contribution in [0.4, 0.5) is 5.69 Å². The molecule has 0 fully saturated rings. The lowest BCUT2D eigenvalue weighted by Gasteiger charge is -2.25. The summed E-state index contributed by atoms with van der Waals surface area (Å²) in [7, 11) is -0.940. The first-order valence-corrected chi connectivity index (χ1v) is 9.77. The van der Waals surface area contributed by atoms with Crippen molar-refractivity contribution in [1.29, 1.82) is 0 Å². The SMILES string of the molecule is C=CCN(c1cc(OC)c(Cl)cc1OC)S(=O)(=O)c1ccc(Br)cc1. The number of halogens is 2. The predicted molar refractivity (Wildman–Crippen MR) is 103 cm³/mol. The normalized spacial score (nSPS) is 11.0. The van der Waals surface area contributed by atoms with Gasteiger partial charge in [0.25, 0.3) is 10.0 Å². The standard InChI is InChI=1S/C17H17BrClNO4S/c1-4-9-20(25(21,22)13-7-5-12(18)6-8-13)15-11-16(23-2)14(19)10-17(15)24-3/h4-8,10-11H,1,9H2,2-3H3. The zero-order chi connectivity index (χ0) is 18.6. The van der Waals surface area contributed by atoms with Crippen molar-refractivity contribution < 1.29 is 17.9 Å². The molecule has 25 heavy (non-hydrogen) atoms. The van der Waals surface area contributed by atoms with Gasteiger partial charge in [-0.1, -0.05) is 33.6 Å². The summed E-state index contributed by atoms with van der Waals surface area (Å²) in [6, 6.07) is 9.42. The Bertz CT molecular complexity index is 869. The summed E-state index contributed by atoms with van der Waals surface area (Å²) in [6.07, 6.45) is 1.50. The Labute approximate surface area is 161 Å². The maximum atomic E-state index is 13.1. The Morgan fingerprint density at radius 1 is 1.16 bits per heavy atom. The number of methoxy groups -OCH3 is 2. The van der Waals surface area contributed by atoms with E-state index in [1.165, 1.54) is 48.9 Å². The van der Waals surface area contributed by atoms with Gasteiger partial charge < -0.3 is 9.47 Å². The zero-order valence-electron chi connectivity index (χ0n) is 13.7. The van der Waals surface area contributed by atoms with Crippen LogP contribution in [0.3, 0.4) is 0 Å². The predicted octanol–water partition coefficient (Wildman–Crippen LogP) is 4.50. The molecule has 134 valence electrons. The average Bonchev–Trinajstić information content (AvgIpc) is 2.60. The molecule has 0 aliphatic rings. The van der Waals surface area contributed by atoms with E-state index < -0.39 is 10.0 Å². The number of hydrogen-bond acceptors (Lipinski definition) is 4. The van der Waals surface area contributed by atoms with Gasteiger partial charge in [-0.3, -0.25) is 4.31 Å². The van der Waals surface area contributed by atoms with Gasteiger partial charge in [0.15, 0.2) is 0 Å². The second-order valence-corrected chi connectivity index (χ2v) is 8.12. The molecule has 0 bridgehead atoms. The van der Waals surface area contributed by atoms with Gasteiger partial charge in [-0.2, -0.15) is 0 Å². The van der Waals surface area contributed by atoms with Crippen molar-refractivity contribution in [2.45, 2.75) is 4.90 Å². The number of benzene rings is 2. The fraction of sp³-hybridized carbons (Fsp3) is 0.176. The number of hydrogen-bond donors (Lipinski definition) is 0. The minimum absolute atomic E-state index is 0.0551. The van der Waals surface area contributed by atoms with Crippen LogP contribution in [0.2, 0.25) is 5.02 Å².